The number of nitrogens with zero attached hydrogens (tertiary/aromatic N) is 3. The van der Waals surface area contributed by atoms with E-state index in [4.69, 9.17) is 0 Å². The third-order valence-corrected chi connectivity index (χ3v) is 2.14. The van der Waals surface area contributed by atoms with Crippen molar-refractivity contribution in [2.24, 2.45) is 5.10 Å². The number of rotatable bonds is 2. The monoisotopic (exact) mass is 189 g/mol. The van der Waals surface area contributed by atoms with Gasteiger partial charge in [-0.05, 0) is 19.1 Å². The molecule has 0 saturated heterocycles. The fourth-order valence-corrected chi connectivity index (χ4v) is 1.50. The molecule has 0 aromatic carbocycles. The van der Waals surface area contributed by atoms with Crippen LogP contribution < -0.4 is 5.01 Å². The van der Waals surface area contributed by atoms with E-state index in [0.717, 1.165) is 17.8 Å². The molecule has 0 bridgehead atoms. The zero-order valence-electron chi connectivity index (χ0n) is 7.92. The predicted octanol–water partition coefficient (Wildman–Crippen LogP) is 1.24. The topological polar surface area (TPSA) is 45.6 Å². The van der Waals surface area contributed by atoms with Gasteiger partial charge in [0.25, 0.3) is 0 Å². The molecule has 1 aromatic rings. The quantitative estimate of drug-likeness (QED) is 0.657. The molecule has 4 nitrogen and oxygen atoms in total. The second kappa shape index (κ2) is 3.57. The third kappa shape index (κ3) is 1.51. The first-order chi connectivity index (χ1) is 6.81. The Bertz CT molecular complexity index is 361. The minimum absolute atomic E-state index is 0.190. The van der Waals surface area contributed by atoms with Crippen molar-refractivity contribution in [2.75, 3.05) is 5.01 Å². The molecular formula is C10H11N3O. The van der Waals surface area contributed by atoms with Crippen molar-refractivity contribution in [1.82, 2.24) is 4.98 Å². The standard InChI is InChI=1S/C10H11N3O/c1-8-6-9(7-14)13(12-8)10-4-2-3-5-11-10/h2-5,7,9H,6H2,1H3. The molecule has 2 heterocycles. The molecule has 1 unspecified atom stereocenters. The molecular weight excluding hydrogens is 178 g/mol. The van der Waals surface area contributed by atoms with Crippen molar-refractivity contribution in [3.63, 3.8) is 0 Å². The summed E-state index contributed by atoms with van der Waals surface area (Å²) in [6.07, 6.45) is 3.30. The Balaban J connectivity index is 2.30. The molecule has 0 spiro atoms. The summed E-state index contributed by atoms with van der Waals surface area (Å²) in [4.78, 5) is 14.9. The number of carbonyl (C=O) groups excluding carboxylic acids is 1. The summed E-state index contributed by atoms with van der Waals surface area (Å²) in [6, 6.07) is 5.38. The number of carbonyl (C=O) groups is 1. The van der Waals surface area contributed by atoms with Crippen molar-refractivity contribution in [3.05, 3.63) is 24.4 Å². The van der Waals surface area contributed by atoms with Crippen LogP contribution >= 0.6 is 0 Å². The number of pyridine rings is 1. The molecule has 14 heavy (non-hydrogen) atoms. The van der Waals surface area contributed by atoms with Crippen LogP contribution in [0.5, 0.6) is 0 Å². The van der Waals surface area contributed by atoms with E-state index in [1.54, 1.807) is 11.2 Å². The van der Waals surface area contributed by atoms with Gasteiger partial charge in [-0.1, -0.05) is 6.07 Å². The number of aldehydes is 1. The molecule has 72 valence electrons. The van der Waals surface area contributed by atoms with E-state index < -0.39 is 0 Å². The SMILES string of the molecule is CC1=NN(c2ccccn2)C(C=O)C1. The summed E-state index contributed by atoms with van der Waals surface area (Å²) >= 11 is 0. The van der Waals surface area contributed by atoms with Gasteiger partial charge < -0.3 is 4.79 Å². The molecule has 0 radical (unpaired) electrons. The lowest BCUT2D eigenvalue weighted by atomic mass is 10.2. The van der Waals surface area contributed by atoms with Crippen LogP contribution in [-0.2, 0) is 4.79 Å². The highest BCUT2D eigenvalue weighted by Gasteiger charge is 2.25. The van der Waals surface area contributed by atoms with Crippen molar-refractivity contribution in [1.29, 1.82) is 0 Å². The number of hydrogen-bond acceptors (Lipinski definition) is 4. The summed E-state index contributed by atoms with van der Waals surface area (Å²) in [5.74, 6) is 0.724. The van der Waals surface area contributed by atoms with Crippen LogP contribution in [0, 0.1) is 0 Å². The van der Waals surface area contributed by atoms with Crippen molar-refractivity contribution < 1.29 is 4.79 Å². The lowest BCUT2D eigenvalue weighted by Gasteiger charge is -2.17. The maximum Gasteiger partial charge on any atom is 0.149 e. The predicted molar refractivity (Wildman–Crippen MR) is 54.3 cm³/mol. The Morgan fingerprint density at radius 3 is 3.07 bits per heavy atom. The van der Waals surface area contributed by atoms with Gasteiger partial charge in [0, 0.05) is 18.3 Å². The van der Waals surface area contributed by atoms with E-state index in [9.17, 15) is 4.79 Å². The van der Waals surface area contributed by atoms with Crippen LogP contribution in [-0.4, -0.2) is 23.0 Å². The smallest absolute Gasteiger partial charge is 0.149 e. The van der Waals surface area contributed by atoms with Gasteiger partial charge in [-0.3, -0.25) is 0 Å². The fraction of sp³-hybridized carbons (Fsp3) is 0.300. The molecule has 1 aliphatic heterocycles. The fourth-order valence-electron chi connectivity index (χ4n) is 1.50. The van der Waals surface area contributed by atoms with Crippen LogP contribution in [0.15, 0.2) is 29.5 Å². The minimum atomic E-state index is -0.190. The first kappa shape index (κ1) is 8.87. The van der Waals surface area contributed by atoms with E-state index in [0.29, 0.717) is 6.42 Å². The van der Waals surface area contributed by atoms with Gasteiger partial charge in [0.2, 0.25) is 0 Å². The molecule has 2 rings (SSSR count). The van der Waals surface area contributed by atoms with Gasteiger partial charge in [0.15, 0.2) is 0 Å². The third-order valence-electron chi connectivity index (χ3n) is 2.14. The van der Waals surface area contributed by atoms with Crippen LogP contribution in [0.25, 0.3) is 0 Å². The summed E-state index contributed by atoms with van der Waals surface area (Å²) in [7, 11) is 0. The lowest BCUT2D eigenvalue weighted by molar-refractivity contribution is -0.108. The van der Waals surface area contributed by atoms with Gasteiger partial charge in [0.05, 0.1) is 0 Å². The average molecular weight is 189 g/mol. The first-order valence-corrected chi connectivity index (χ1v) is 4.51. The average Bonchev–Trinajstić information content (AvgIpc) is 2.61. The summed E-state index contributed by atoms with van der Waals surface area (Å²) < 4.78 is 0. The van der Waals surface area contributed by atoms with E-state index in [-0.39, 0.29) is 6.04 Å². The molecule has 0 aliphatic carbocycles. The highest BCUT2D eigenvalue weighted by atomic mass is 16.1. The number of anilines is 1. The van der Waals surface area contributed by atoms with Gasteiger partial charge in [-0.2, -0.15) is 5.10 Å². The zero-order valence-corrected chi connectivity index (χ0v) is 7.92. The van der Waals surface area contributed by atoms with Gasteiger partial charge >= 0.3 is 0 Å². The highest BCUT2D eigenvalue weighted by molar-refractivity contribution is 5.90. The Labute approximate surface area is 82.3 Å². The van der Waals surface area contributed by atoms with E-state index in [1.807, 2.05) is 25.1 Å². The molecule has 0 N–H and O–H groups in total. The van der Waals surface area contributed by atoms with Gasteiger partial charge in [-0.25, -0.2) is 9.99 Å². The molecule has 1 aliphatic rings. The molecule has 4 heteroatoms. The molecule has 0 fully saturated rings. The van der Waals surface area contributed by atoms with E-state index in [1.165, 1.54) is 0 Å². The second-order valence-corrected chi connectivity index (χ2v) is 3.28. The van der Waals surface area contributed by atoms with Crippen molar-refractivity contribution >= 4 is 17.8 Å². The minimum Gasteiger partial charge on any atom is -0.301 e. The van der Waals surface area contributed by atoms with Crippen LogP contribution in [0.3, 0.4) is 0 Å². The molecule has 1 aromatic heterocycles. The lowest BCUT2D eigenvalue weighted by Crippen LogP contribution is -2.28. The van der Waals surface area contributed by atoms with Crippen LogP contribution in [0.2, 0.25) is 0 Å². The normalized spacial score (nSPS) is 20.8. The number of aromatic nitrogens is 1. The molecule has 0 saturated carbocycles. The number of hydrazone groups is 1. The van der Waals surface area contributed by atoms with Crippen LogP contribution in [0.1, 0.15) is 13.3 Å². The highest BCUT2D eigenvalue weighted by Crippen LogP contribution is 2.20. The maximum atomic E-state index is 10.8. The zero-order chi connectivity index (χ0) is 9.97. The van der Waals surface area contributed by atoms with E-state index >= 15 is 0 Å². The Hall–Kier alpha value is -1.71. The summed E-state index contributed by atoms with van der Waals surface area (Å²) in [5.41, 5.74) is 0.966. The van der Waals surface area contributed by atoms with E-state index in [2.05, 4.69) is 10.1 Å². The first-order valence-electron chi connectivity index (χ1n) is 4.51. The number of hydrogen-bond donors (Lipinski definition) is 0. The largest absolute Gasteiger partial charge is 0.301 e. The molecule has 1 atom stereocenters. The second-order valence-electron chi connectivity index (χ2n) is 3.28. The summed E-state index contributed by atoms with van der Waals surface area (Å²) in [5, 5.41) is 5.94. The Kier molecular flexibility index (Phi) is 2.26. The molecule has 0 amide bonds. The van der Waals surface area contributed by atoms with Gasteiger partial charge in [-0.15, -0.1) is 0 Å². The Morgan fingerprint density at radius 2 is 2.43 bits per heavy atom. The van der Waals surface area contributed by atoms with Gasteiger partial charge in [0.1, 0.15) is 18.1 Å². The Morgan fingerprint density at radius 1 is 1.57 bits per heavy atom. The van der Waals surface area contributed by atoms with Crippen molar-refractivity contribution in [3.8, 4) is 0 Å². The van der Waals surface area contributed by atoms with Crippen molar-refractivity contribution in [2.45, 2.75) is 19.4 Å². The van der Waals surface area contributed by atoms with Crippen LogP contribution in [0.4, 0.5) is 5.82 Å². The summed E-state index contributed by atoms with van der Waals surface area (Å²) in [6.45, 7) is 1.92. The maximum absolute atomic E-state index is 10.8.